The average Bonchev–Trinajstić information content (AvgIpc) is 2.53. The summed E-state index contributed by atoms with van der Waals surface area (Å²) < 4.78 is 0. The van der Waals surface area contributed by atoms with E-state index in [-0.39, 0.29) is 5.91 Å². The predicted octanol–water partition coefficient (Wildman–Crippen LogP) is 3.63. The van der Waals surface area contributed by atoms with E-state index in [0.29, 0.717) is 5.75 Å². The summed E-state index contributed by atoms with van der Waals surface area (Å²) in [6, 6.07) is 17.9. The van der Waals surface area contributed by atoms with E-state index in [9.17, 15) is 4.79 Å². The Bertz CT molecular complexity index is 621. The van der Waals surface area contributed by atoms with Crippen molar-refractivity contribution in [3.63, 3.8) is 0 Å². The second-order valence-corrected chi connectivity index (χ2v) is 5.75. The number of aryl methyl sites for hydroxylation is 1. The molecule has 2 rings (SSSR count). The number of thioether (sulfide) groups is 1. The van der Waals surface area contributed by atoms with E-state index in [4.69, 9.17) is 0 Å². The number of hydrogen-bond acceptors (Lipinski definition) is 3. The fourth-order valence-corrected chi connectivity index (χ4v) is 2.40. The van der Waals surface area contributed by atoms with Gasteiger partial charge < -0.3 is 0 Å². The molecule has 0 aromatic heterocycles. The van der Waals surface area contributed by atoms with Gasteiger partial charge in [-0.15, -0.1) is 11.8 Å². The fourth-order valence-electron chi connectivity index (χ4n) is 1.71. The van der Waals surface area contributed by atoms with Crippen LogP contribution in [0.15, 0.2) is 64.6 Å². The SMILES string of the molecule is C/C(=N/NC(=O)CSc1ccc(C)cc1)c1ccccc1. The Labute approximate surface area is 129 Å². The second-order valence-electron chi connectivity index (χ2n) is 4.70. The van der Waals surface area contributed by atoms with Crippen LogP contribution < -0.4 is 5.43 Å². The average molecular weight is 298 g/mol. The molecule has 0 atom stereocenters. The Balaban J connectivity index is 1.83. The van der Waals surface area contributed by atoms with Crippen LogP contribution in [-0.2, 0) is 4.79 Å². The fraction of sp³-hybridized carbons (Fsp3) is 0.176. The van der Waals surface area contributed by atoms with Crippen molar-refractivity contribution in [2.45, 2.75) is 18.7 Å². The van der Waals surface area contributed by atoms with Crippen molar-refractivity contribution < 1.29 is 4.79 Å². The van der Waals surface area contributed by atoms with Crippen molar-refractivity contribution in [3.05, 3.63) is 65.7 Å². The molecule has 0 aliphatic carbocycles. The first-order valence-corrected chi connectivity index (χ1v) is 7.72. The van der Waals surface area contributed by atoms with Crippen LogP contribution in [0, 0.1) is 6.92 Å². The Morgan fingerprint density at radius 1 is 1.10 bits per heavy atom. The molecular formula is C17H18N2OS. The minimum absolute atomic E-state index is 0.101. The smallest absolute Gasteiger partial charge is 0.250 e. The molecule has 0 radical (unpaired) electrons. The maximum absolute atomic E-state index is 11.8. The lowest BCUT2D eigenvalue weighted by Crippen LogP contribution is -2.21. The molecule has 1 N–H and O–H groups in total. The molecule has 0 spiro atoms. The van der Waals surface area contributed by atoms with Crippen LogP contribution >= 0.6 is 11.8 Å². The molecule has 2 aromatic rings. The summed E-state index contributed by atoms with van der Waals surface area (Å²) in [6.45, 7) is 3.92. The van der Waals surface area contributed by atoms with E-state index < -0.39 is 0 Å². The van der Waals surface area contributed by atoms with Crippen molar-refractivity contribution in [2.75, 3.05) is 5.75 Å². The normalized spacial score (nSPS) is 11.2. The zero-order chi connectivity index (χ0) is 15.1. The van der Waals surface area contributed by atoms with E-state index in [1.54, 1.807) is 0 Å². The molecule has 0 aliphatic heterocycles. The van der Waals surface area contributed by atoms with Crippen molar-refractivity contribution in [1.82, 2.24) is 5.43 Å². The maximum atomic E-state index is 11.8. The highest BCUT2D eigenvalue weighted by molar-refractivity contribution is 8.00. The molecule has 108 valence electrons. The molecule has 0 saturated carbocycles. The third-order valence-corrected chi connectivity index (χ3v) is 3.94. The van der Waals surface area contributed by atoms with Crippen LogP contribution in [0.25, 0.3) is 0 Å². The molecule has 3 nitrogen and oxygen atoms in total. The molecule has 4 heteroatoms. The first-order valence-electron chi connectivity index (χ1n) is 6.73. The van der Waals surface area contributed by atoms with E-state index in [1.807, 2.05) is 68.4 Å². The van der Waals surface area contributed by atoms with Gasteiger partial charge in [-0.25, -0.2) is 5.43 Å². The first kappa shape index (κ1) is 15.3. The maximum Gasteiger partial charge on any atom is 0.250 e. The van der Waals surface area contributed by atoms with E-state index in [2.05, 4.69) is 10.5 Å². The highest BCUT2D eigenvalue weighted by atomic mass is 32.2. The van der Waals surface area contributed by atoms with Gasteiger partial charge in [0.25, 0.3) is 0 Å². The summed E-state index contributed by atoms with van der Waals surface area (Å²) in [5, 5.41) is 4.12. The number of carbonyl (C=O) groups is 1. The van der Waals surface area contributed by atoms with Crippen LogP contribution in [0.2, 0.25) is 0 Å². The Morgan fingerprint density at radius 2 is 1.76 bits per heavy atom. The molecule has 0 heterocycles. The molecule has 1 amide bonds. The Hall–Kier alpha value is -2.07. The van der Waals surface area contributed by atoms with Gasteiger partial charge in [0.05, 0.1) is 11.5 Å². The van der Waals surface area contributed by atoms with Gasteiger partial charge in [0, 0.05) is 4.90 Å². The summed E-state index contributed by atoms with van der Waals surface area (Å²) in [7, 11) is 0. The van der Waals surface area contributed by atoms with Gasteiger partial charge in [0.15, 0.2) is 0 Å². The molecule has 0 unspecified atom stereocenters. The quantitative estimate of drug-likeness (QED) is 0.520. The molecule has 0 saturated heterocycles. The third-order valence-electron chi connectivity index (χ3n) is 2.93. The summed E-state index contributed by atoms with van der Waals surface area (Å²) in [5.74, 6) is 0.255. The standard InChI is InChI=1S/C17H18N2OS/c1-13-8-10-16(11-9-13)21-12-17(20)19-18-14(2)15-6-4-3-5-7-15/h3-11H,12H2,1-2H3,(H,19,20)/b18-14-. The largest absolute Gasteiger partial charge is 0.272 e. The molecule has 0 aliphatic rings. The monoisotopic (exact) mass is 298 g/mol. The molecular weight excluding hydrogens is 280 g/mol. The number of carbonyl (C=O) groups excluding carboxylic acids is 1. The highest BCUT2D eigenvalue weighted by Crippen LogP contribution is 2.17. The van der Waals surface area contributed by atoms with Crippen molar-refractivity contribution >= 4 is 23.4 Å². The second kappa shape index (κ2) is 7.64. The van der Waals surface area contributed by atoms with E-state index in [1.165, 1.54) is 17.3 Å². The Kier molecular flexibility index (Phi) is 5.58. The van der Waals surface area contributed by atoms with E-state index >= 15 is 0 Å². The highest BCUT2D eigenvalue weighted by Gasteiger charge is 2.02. The zero-order valence-electron chi connectivity index (χ0n) is 12.2. The van der Waals surface area contributed by atoms with E-state index in [0.717, 1.165) is 16.2 Å². The van der Waals surface area contributed by atoms with Gasteiger partial charge in [0.2, 0.25) is 5.91 Å². The van der Waals surface area contributed by atoms with Crippen LogP contribution in [0.1, 0.15) is 18.1 Å². The molecule has 21 heavy (non-hydrogen) atoms. The molecule has 0 fully saturated rings. The lowest BCUT2D eigenvalue weighted by molar-refractivity contribution is -0.118. The van der Waals surface area contributed by atoms with Gasteiger partial charge in [0.1, 0.15) is 0 Å². The van der Waals surface area contributed by atoms with Crippen molar-refractivity contribution in [2.24, 2.45) is 5.10 Å². The number of nitrogens with zero attached hydrogens (tertiary/aromatic N) is 1. The van der Waals surface area contributed by atoms with Gasteiger partial charge in [-0.2, -0.15) is 5.10 Å². The number of benzene rings is 2. The minimum Gasteiger partial charge on any atom is -0.272 e. The number of nitrogens with one attached hydrogen (secondary N) is 1. The van der Waals surface area contributed by atoms with Gasteiger partial charge in [-0.05, 0) is 31.5 Å². The summed E-state index contributed by atoms with van der Waals surface area (Å²) in [5.41, 5.74) is 5.60. The molecule has 0 bridgehead atoms. The third kappa shape index (κ3) is 5.08. The lowest BCUT2D eigenvalue weighted by atomic mass is 10.1. The first-order chi connectivity index (χ1) is 10.1. The van der Waals surface area contributed by atoms with Crippen LogP contribution in [-0.4, -0.2) is 17.4 Å². The number of amides is 1. The zero-order valence-corrected chi connectivity index (χ0v) is 13.0. The van der Waals surface area contributed by atoms with Crippen LogP contribution in [0.5, 0.6) is 0 Å². The van der Waals surface area contributed by atoms with Gasteiger partial charge in [-0.1, -0.05) is 48.0 Å². The summed E-state index contributed by atoms with van der Waals surface area (Å²) >= 11 is 1.50. The number of hydrazone groups is 1. The van der Waals surface area contributed by atoms with Crippen LogP contribution in [0.3, 0.4) is 0 Å². The van der Waals surface area contributed by atoms with Gasteiger partial charge >= 0.3 is 0 Å². The molecule has 2 aromatic carbocycles. The minimum atomic E-state index is -0.101. The van der Waals surface area contributed by atoms with Gasteiger partial charge in [-0.3, -0.25) is 4.79 Å². The van der Waals surface area contributed by atoms with Crippen LogP contribution in [0.4, 0.5) is 0 Å². The predicted molar refractivity (Wildman–Crippen MR) is 88.7 cm³/mol. The lowest BCUT2D eigenvalue weighted by Gasteiger charge is -2.03. The number of rotatable bonds is 5. The number of hydrogen-bond donors (Lipinski definition) is 1. The topological polar surface area (TPSA) is 41.5 Å². The Morgan fingerprint density at radius 3 is 2.43 bits per heavy atom. The van der Waals surface area contributed by atoms with Crippen molar-refractivity contribution in [3.8, 4) is 0 Å². The summed E-state index contributed by atoms with van der Waals surface area (Å²) in [4.78, 5) is 12.9. The van der Waals surface area contributed by atoms with Crippen molar-refractivity contribution in [1.29, 1.82) is 0 Å². The summed E-state index contributed by atoms with van der Waals surface area (Å²) in [6.07, 6.45) is 0.